The van der Waals surface area contributed by atoms with Crippen LogP contribution >= 0.6 is 0 Å². The average molecular weight is 329 g/mol. The first-order valence-electron chi connectivity index (χ1n) is 6.83. The number of esters is 3. The third-order valence-corrected chi connectivity index (χ3v) is 2.41. The Bertz CT molecular complexity index is 491. The fourth-order valence-corrected chi connectivity index (χ4v) is 1.31. The average Bonchev–Trinajstić information content (AvgIpc) is 2.41. The van der Waals surface area contributed by atoms with Gasteiger partial charge in [-0.1, -0.05) is 6.58 Å². The summed E-state index contributed by atoms with van der Waals surface area (Å²) in [5.74, 6) is -2.68. The number of ether oxygens (including phenoxy) is 3. The van der Waals surface area contributed by atoms with Gasteiger partial charge in [0, 0.05) is 12.6 Å². The minimum Gasteiger partial charge on any atom is -0.469 e. The van der Waals surface area contributed by atoms with Gasteiger partial charge in [-0.15, -0.1) is 0 Å². The zero-order valence-corrected chi connectivity index (χ0v) is 14.1. The number of rotatable bonds is 7. The highest BCUT2D eigenvalue weighted by molar-refractivity contribution is 5.94. The molecule has 0 N–H and O–H groups in total. The lowest BCUT2D eigenvalue weighted by Gasteiger charge is -2.22. The van der Waals surface area contributed by atoms with Crippen molar-refractivity contribution in [2.75, 3.05) is 27.3 Å². The second kappa shape index (κ2) is 8.92. The molecular weight excluding hydrogens is 306 g/mol. The van der Waals surface area contributed by atoms with Crippen LogP contribution < -0.4 is 0 Å². The molecule has 0 fully saturated rings. The Labute approximate surface area is 135 Å². The summed E-state index contributed by atoms with van der Waals surface area (Å²) in [4.78, 5) is 47.0. The van der Waals surface area contributed by atoms with Crippen molar-refractivity contribution in [3.05, 3.63) is 12.2 Å². The Morgan fingerprint density at radius 2 is 1.65 bits per heavy atom. The highest BCUT2D eigenvalue weighted by Crippen LogP contribution is 2.07. The first kappa shape index (κ1) is 20.6. The fraction of sp³-hybridized carbons (Fsp3) is 0.600. The molecule has 0 heterocycles. The number of likely N-dealkylation sites (N-methyl/N-ethyl adjacent to an activating group) is 1. The van der Waals surface area contributed by atoms with E-state index in [-0.39, 0.29) is 18.5 Å². The minimum absolute atomic E-state index is 0.126. The van der Waals surface area contributed by atoms with Crippen molar-refractivity contribution in [3.63, 3.8) is 0 Å². The van der Waals surface area contributed by atoms with Gasteiger partial charge in [-0.3, -0.25) is 14.4 Å². The molecule has 130 valence electrons. The summed E-state index contributed by atoms with van der Waals surface area (Å²) in [5, 5.41) is 0. The molecule has 0 spiro atoms. The molecule has 0 unspecified atom stereocenters. The van der Waals surface area contributed by atoms with E-state index in [1.165, 1.54) is 14.2 Å². The second-order valence-corrected chi connectivity index (χ2v) is 5.77. The van der Waals surface area contributed by atoms with Gasteiger partial charge in [0.25, 0.3) is 5.91 Å². The van der Waals surface area contributed by atoms with E-state index >= 15 is 0 Å². The van der Waals surface area contributed by atoms with Crippen LogP contribution in [0.5, 0.6) is 0 Å². The summed E-state index contributed by atoms with van der Waals surface area (Å²) >= 11 is 0. The number of carbonyl (C=O) groups excluding carboxylic acids is 4. The summed E-state index contributed by atoms with van der Waals surface area (Å²) in [5.41, 5.74) is -0.779. The lowest BCUT2D eigenvalue weighted by atomic mass is 10.2. The van der Waals surface area contributed by atoms with Crippen LogP contribution in [-0.4, -0.2) is 61.6 Å². The van der Waals surface area contributed by atoms with Gasteiger partial charge >= 0.3 is 17.9 Å². The molecule has 0 aromatic carbocycles. The Balaban J connectivity index is 4.28. The lowest BCUT2D eigenvalue weighted by Crippen LogP contribution is -2.38. The van der Waals surface area contributed by atoms with E-state index in [1.807, 2.05) is 0 Å². The van der Waals surface area contributed by atoms with Crippen molar-refractivity contribution in [1.29, 1.82) is 0 Å². The van der Waals surface area contributed by atoms with Gasteiger partial charge in [-0.2, -0.15) is 0 Å². The fourth-order valence-electron chi connectivity index (χ4n) is 1.31. The third kappa shape index (κ3) is 9.28. The van der Waals surface area contributed by atoms with E-state index in [0.717, 1.165) is 4.90 Å². The van der Waals surface area contributed by atoms with E-state index < -0.39 is 36.0 Å². The topological polar surface area (TPSA) is 99.2 Å². The monoisotopic (exact) mass is 329 g/mol. The van der Waals surface area contributed by atoms with Crippen LogP contribution in [0.4, 0.5) is 0 Å². The van der Waals surface area contributed by atoms with Crippen LogP contribution in [-0.2, 0) is 33.4 Å². The van der Waals surface area contributed by atoms with E-state index in [0.29, 0.717) is 0 Å². The molecule has 8 nitrogen and oxygen atoms in total. The molecule has 0 aliphatic rings. The molecule has 0 radical (unpaired) electrons. The summed E-state index contributed by atoms with van der Waals surface area (Å²) < 4.78 is 14.2. The van der Waals surface area contributed by atoms with Gasteiger partial charge in [-0.05, 0) is 20.8 Å². The maximum absolute atomic E-state index is 11.8. The predicted molar refractivity (Wildman–Crippen MR) is 80.2 cm³/mol. The molecule has 0 saturated carbocycles. The van der Waals surface area contributed by atoms with Gasteiger partial charge in [0.15, 0.2) is 6.61 Å². The predicted octanol–water partition coefficient (Wildman–Crippen LogP) is 0.449. The lowest BCUT2D eigenvalue weighted by molar-refractivity contribution is -0.159. The molecule has 0 rings (SSSR count). The maximum atomic E-state index is 11.8. The maximum Gasteiger partial charge on any atom is 0.334 e. The Hall–Kier alpha value is -2.38. The van der Waals surface area contributed by atoms with Crippen molar-refractivity contribution in [2.45, 2.75) is 32.8 Å². The molecule has 0 bridgehead atoms. The molecule has 8 heteroatoms. The van der Waals surface area contributed by atoms with Crippen LogP contribution in [0.15, 0.2) is 12.2 Å². The Morgan fingerprint density at radius 3 is 2.13 bits per heavy atom. The molecule has 0 aliphatic carbocycles. The number of carbonyl (C=O) groups is 4. The largest absolute Gasteiger partial charge is 0.469 e. The molecule has 0 saturated heterocycles. The molecule has 0 aliphatic heterocycles. The van der Waals surface area contributed by atoms with Crippen molar-refractivity contribution < 1.29 is 33.4 Å². The number of amides is 1. The second-order valence-electron chi connectivity index (χ2n) is 5.77. The zero-order chi connectivity index (χ0) is 18.2. The SMILES string of the molecule is C=C(CC(=O)OC)C(=O)OCC(=O)N(C)CC(=O)OC(C)(C)C. The summed E-state index contributed by atoms with van der Waals surface area (Å²) in [6.07, 6.45) is -0.322. The van der Waals surface area contributed by atoms with Gasteiger partial charge < -0.3 is 19.1 Å². The Morgan fingerprint density at radius 1 is 1.09 bits per heavy atom. The first-order valence-corrected chi connectivity index (χ1v) is 6.83. The number of methoxy groups -OCH3 is 1. The molecule has 0 aromatic rings. The summed E-state index contributed by atoms with van der Waals surface area (Å²) in [7, 11) is 2.56. The van der Waals surface area contributed by atoms with Gasteiger partial charge in [0.2, 0.25) is 0 Å². The molecule has 0 atom stereocenters. The number of hydrogen-bond acceptors (Lipinski definition) is 7. The van der Waals surface area contributed by atoms with Crippen molar-refractivity contribution >= 4 is 23.8 Å². The van der Waals surface area contributed by atoms with Crippen LogP contribution in [0.25, 0.3) is 0 Å². The van der Waals surface area contributed by atoms with Gasteiger partial charge in [0.05, 0.1) is 13.5 Å². The highest BCUT2D eigenvalue weighted by Gasteiger charge is 2.21. The van der Waals surface area contributed by atoms with E-state index in [1.54, 1.807) is 20.8 Å². The summed E-state index contributed by atoms with van der Waals surface area (Å²) in [6.45, 7) is 7.67. The van der Waals surface area contributed by atoms with Crippen molar-refractivity contribution in [3.8, 4) is 0 Å². The van der Waals surface area contributed by atoms with E-state index in [9.17, 15) is 19.2 Å². The van der Waals surface area contributed by atoms with Crippen LogP contribution in [0.1, 0.15) is 27.2 Å². The zero-order valence-electron chi connectivity index (χ0n) is 14.1. The van der Waals surface area contributed by atoms with E-state index in [4.69, 9.17) is 9.47 Å². The van der Waals surface area contributed by atoms with E-state index in [2.05, 4.69) is 11.3 Å². The number of hydrogen-bond donors (Lipinski definition) is 0. The quantitative estimate of drug-likeness (QED) is 0.380. The van der Waals surface area contributed by atoms with Crippen molar-refractivity contribution in [1.82, 2.24) is 4.90 Å². The first-order chi connectivity index (χ1) is 10.5. The minimum atomic E-state index is -0.880. The Kier molecular flexibility index (Phi) is 7.99. The summed E-state index contributed by atoms with van der Waals surface area (Å²) in [6, 6.07) is 0. The molecule has 23 heavy (non-hydrogen) atoms. The van der Waals surface area contributed by atoms with Crippen LogP contribution in [0.2, 0.25) is 0 Å². The van der Waals surface area contributed by atoms with Gasteiger partial charge in [0.1, 0.15) is 12.1 Å². The standard InChI is InChI=1S/C15H23NO7/c1-10(7-12(18)21-6)14(20)22-9-11(17)16(5)8-13(19)23-15(2,3)4/h1,7-9H2,2-6H3. The van der Waals surface area contributed by atoms with Crippen LogP contribution in [0.3, 0.4) is 0 Å². The molecule has 0 aromatic heterocycles. The smallest absolute Gasteiger partial charge is 0.334 e. The molecule has 1 amide bonds. The third-order valence-electron chi connectivity index (χ3n) is 2.41. The van der Waals surface area contributed by atoms with Crippen LogP contribution in [0, 0.1) is 0 Å². The normalized spacial score (nSPS) is 10.5. The molecular formula is C15H23NO7. The van der Waals surface area contributed by atoms with Gasteiger partial charge in [-0.25, -0.2) is 4.79 Å². The highest BCUT2D eigenvalue weighted by atomic mass is 16.6. The number of nitrogens with zero attached hydrogens (tertiary/aromatic N) is 1. The van der Waals surface area contributed by atoms with Crippen molar-refractivity contribution in [2.24, 2.45) is 0 Å².